The molecule has 6 aliphatic rings. The van der Waals surface area contributed by atoms with Gasteiger partial charge in [0, 0.05) is 43.6 Å². The van der Waals surface area contributed by atoms with Gasteiger partial charge in [0.1, 0.15) is 12.2 Å². The predicted octanol–water partition coefficient (Wildman–Crippen LogP) is 5.18. The van der Waals surface area contributed by atoms with Crippen LogP contribution in [0.15, 0.2) is 4.52 Å². The van der Waals surface area contributed by atoms with Gasteiger partial charge in [-0.3, -0.25) is 4.90 Å². The van der Waals surface area contributed by atoms with Gasteiger partial charge in [0.25, 0.3) is 5.92 Å². The van der Waals surface area contributed by atoms with Gasteiger partial charge in [-0.25, -0.2) is 18.0 Å². The zero-order valence-corrected chi connectivity index (χ0v) is 24.0. The molecule has 1 unspecified atom stereocenters. The summed E-state index contributed by atoms with van der Waals surface area (Å²) in [5, 5.41) is 6.81. The Morgan fingerprint density at radius 1 is 1.12 bits per heavy atom. The normalized spacial score (nSPS) is 37.4. The van der Waals surface area contributed by atoms with Crippen molar-refractivity contribution in [2.75, 3.05) is 19.6 Å². The molecule has 3 aliphatic heterocycles. The smallest absolute Gasteiger partial charge is 0.317 e. The van der Waals surface area contributed by atoms with Gasteiger partial charge < -0.3 is 19.5 Å². The number of carbonyl (C=O) groups is 1. The standard InChI is InChI=1S/C29H44F3N5O3/c1-17(2)37-16-18-6-7-19(37)14-20(13-18)39-23-5-4-8-29(31,32)24(23)33-27(38)36-11-9-28(3,10-12-36)26-34-25(40-35-26)21-15-22(21)30/h17-24H,4-16H2,1-3H3,(H,33,38)/t18?,19-,20-,21+,22-,23-,24+/m0/s1. The lowest BCUT2D eigenvalue weighted by Gasteiger charge is -2.42. The van der Waals surface area contributed by atoms with Crippen LogP contribution in [0.4, 0.5) is 18.0 Å². The Kier molecular flexibility index (Phi) is 7.59. The quantitative estimate of drug-likeness (QED) is 0.510. The molecule has 224 valence electrons. The lowest BCUT2D eigenvalue weighted by Crippen LogP contribution is -2.61. The Labute approximate surface area is 234 Å². The van der Waals surface area contributed by atoms with Gasteiger partial charge in [0.05, 0.1) is 18.1 Å². The second kappa shape index (κ2) is 10.7. The predicted molar refractivity (Wildman–Crippen MR) is 142 cm³/mol. The molecule has 0 aromatic carbocycles. The fourth-order valence-electron chi connectivity index (χ4n) is 7.52. The highest BCUT2D eigenvalue weighted by atomic mass is 19.3. The molecule has 2 amide bonds. The van der Waals surface area contributed by atoms with Crippen LogP contribution in [0.2, 0.25) is 0 Å². The first-order valence-corrected chi connectivity index (χ1v) is 15.3. The van der Waals surface area contributed by atoms with E-state index in [9.17, 15) is 9.18 Å². The average molecular weight is 568 g/mol. The van der Waals surface area contributed by atoms with Crippen molar-refractivity contribution in [2.45, 2.75) is 139 Å². The number of rotatable bonds is 6. The summed E-state index contributed by atoms with van der Waals surface area (Å²) in [6.07, 6.45) is 4.65. The van der Waals surface area contributed by atoms with Gasteiger partial charge >= 0.3 is 6.03 Å². The molecular formula is C29H44F3N5O3. The van der Waals surface area contributed by atoms with Gasteiger partial charge in [-0.2, -0.15) is 4.98 Å². The molecule has 40 heavy (non-hydrogen) atoms. The third-order valence-corrected chi connectivity index (χ3v) is 10.3. The van der Waals surface area contributed by atoms with E-state index in [-0.39, 0.29) is 18.4 Å². The number of carbonyl (C=O) groups excluding carboxylic acids is 1. The maximum atomic E-state index is 15.3. The number of ether oxygens (including phenoxy) is 1. The van der Waals surface area contributed by atoms with Crippen molar-refractivity contribution in [1.82, 2.24) is 25.3 Å². The van der Waals surface area contributed by atoms with E-state index in [2.05, 4.69) is 34.2 Å². The Morgan fingerprint density at radius 2 is 1.88 bits per heavy atom. The van der Waals surface area contributed by atoms with Crippen LogP contribution in [0, 0.1) is 5.92 Å². The first-order chi connectivity index (χ1) is 19.0. The van der Waals surface area contributed by atoms with Crippen molar-refractivity contribution >= 4 is 6.03 Å². The molecule has 2 bridgehead atoms. The molecule has 1 aromatic rings. The van der Waals surface area contributed by atoms with Crippen LogP contribution in [-0.2, 0) is 10.2 Å². The lowest BCUT2D eigenvalue weighted by atomic mass is 9.79. The monoisotopic (exact) mass is 567 g/mol. The molecule has 8 nitrogen and oxygen atoms in total. The van der Waals surface area contributed by atoms with Crippen LogP contribution >= 0.6 is 0 Å². The van der Waals surface area contributed by atoms with E-state index < -0.39 is 35.7 Å². The summed E-state index contributed by atoms with van der Waals surface area (Å²) < 4.78 is 55.8. The molecule has 0 radical (unpaired) electrons. The fraction of sp³-hybridized carbons (Fsp3) is 0.897. The largest absolute Gasteiger partial charge is 0.373 e. The van der Waals surface area contributed by atoms with Gasteiger partial charge in [-0.05, 0) is 77.6 Å². The average Bonchev–Trinajstić information content (AvgIpc) is 3.54. The maximum Gasteiger partial charge on any atom is 0.317 e. The molecule has 4 heterocycles. The van der Waals surface area contributed by atoms with Crippen molar-refractivity contribution in [1.29, 1.82) is 0 Å². The summed E-state index contributed by atoms with van der Waals surface area (Å²) >= 11 is 0. The van der Waals surface area contributed by atoms with Crippen LogP contribution < -0.4 is 5.32 Å². The Balaban J connectivity index is 1.07. The first-order valence-electron chi connectivity index (χ1n) is 15.3. The molecule has 3 aliphatic carbocycles. The number of hydrogen-bond donors (Lipinski definition) is 1. The highest BCUT2D eigenvalue weighted by molar-refractivity contribution is 5.75. The van der Waals surface area contributed by atoms with Crippen molar-refractivity contribution < 1.29 is 27.2 Å². The highest BCUT2D eigenvalue weighted by Crippen LogP contribution is 2.44. The van der Waals surface area contributed by atoms with Crippen LogP contribution in [0.3, 0.4) is 0 Å². The molecule has 11 heteroatoms. The summed E-state index contributed by atoms with van der Waals surface area (Å²) in [4.78, 5) is 21.9. The van der Waals surface area contributed by atoms with Gasteiger partial charge in [-0.1, -0.05) is 12.1 Å². The summed E-state index contributed by atoms with van der Waals surface area (Å²) in [5.41, 5.74) is -0.414. The molecule has 1 N–H and O–H groups in total. The van der Waals surface area contributed by atoms with E-state index in [1.807, 2.05) is 6.92 Å². The van der Waals surface area contributed by atoms with Crippen molar-refractivity contribution in [3.05, 3.63) is 11.7 Å². The topological polar surface area (TPSA) is 83.7 Å². The van der Waals surface area contributed by atoms with Crippen molar-refractivity contribution in [2.24, 2.45) is 5.92 Å². The third kappa shape index (κ3) is 5.61. The number of alkyl halides is 3. The highest BCUT2D eigenvalue weighted by Gasteiger charge is 2.51. The Morgan fingerprint density at radius 3 is 2.58 bits per heavy atom. The summed E-state index contributed by atoms with van der Waals surface area (Å²) in [7, 11) is 0. The summed E-state index contributed by atoms with van der Waals surface area (Å²) in [6, 6.07) is -0.911. The van der Waals surface area contributed by atoms with E-state index in [0.717, 1.165) is 25.8 Å². The Hall–Kier alpha value is -1.88. The van der Waals surface area contributed by atoms with Crippen LogP contribution in [0.1, 0.15) is 103 Å². The van der Waals surface area contributed by atoms with Crippen LogP contribution in [-0.4, -0.2) is 88.0 Å². The second-order valence-electron chi connectivity index (χ2n) is 13.6. The number of nitrogens with one attached hydrogen (secondary N) is 1. The molecule has 0 spiro atoms. The van der Waals surface area contributed by atoms with E-state index in [0.29, 0.717) is 74.9 Å². The van der Waals surface area contributed by atoms with E-state index >= 15 is 8.78 Å². The maximum absolute atomic E-state index is 15.3. The number of halogens is 3. The number of aromatic nitrogens is 2. The number of nitrogens with zero attached hydrogens (tertiary/aromatic N) is 4. The molecule has 1 aromatic heterocycles. The number of likely N-dealkylation sites (tertiary alicyclic amines) is 1. The van der Waals surface area contributed by atoms with E-state index in [1.54, 1.807) is 4.90 Å². The first kappa shape index (κ1) is 28.2. The molecule has 3 saturated carbocycles. The van der Waals surface area contributed by atoms with Crippen LogP contribution in [0.5, 0.6) is 0 Å². The molecular weight excluding hydrogens is 523 g/mol. The van der Waals surface area contributed by atoms with Crippen LogP contribution in [0.25, 0.3) is 0 Å². The number of hydrogen-bond acceptors (Lipinski definition) is 6. The zero-order chi connectivity index (χ0) is 28.2. The fourth-order valence-corrected chi connectivity index (χ4v) is 7.52. The SMILES string of the molecule is CC(C)N1CC2CC[C@H]1C[C@@H](O[C@H]1CCCC(F)(F)[C@@H]1NC(=O)N1CCC(C)(c3noc([C@@H]4C[C@@H]4F)n3)CC1)C2. The van der Waals surface area contributed by atoms with Gasteiger partial charge in [-0.15, -0.1) is 0 Å². The summed E-state index contributed by atoms with van der Waals surface area (Å²) in [6.45, 7) is 8.29. The number of urea groups is 1. The third-order valence-electron chi connectivity index (χ3n) is 10.3. The summed E-state index contributed by atoms with van der Waals surface area (Å²) in [5.74, 6) is -1.92. The lowest BCUT2D eigenvalue weighted by molar-refractivity contribution is -0.143. The van der Waals surface area contributed by atoms with Crippen molar-refractivity contribution in [3.63, 3.8) is 0 Å². The minimum absolute atomic E-state index is 0.0570. The van der Waals surface area contributed by atoms with Gasteiger partial charge in [0.15, 0.2) is 5.82 Å². The van der Waals surface area contributed by atoms with E-state index in [1.165, 1.54) is 6.42 Å². The van der Waals surface area contributed by atoms with E-state index in [4.69, 9.17) is 9.26 Å². The molecule has 3 saturated heterocycles. The zero-order valence-electron chi connectivity index (χ0n) is 24.0. The van der Waals surface area contributed by atoms with Crippen molar-refractivity contribution in [3.8, 4) is 0 Å². The molecule has 7 rings (SSSR count). The Bertz CT molecular complexity index is 1060. The number of fused-ring (bicyclic) bond motifs is 4. The molecule has 6 fully saturated rings. The molecule has 7 atom stereocenters. The minimum atomic E-state index is -3.02. The second-order valence-corrected chi connectivity index (χ2v) is 13.6. The minimum Gasteiger partial charge on any atom is -0.373 e. The number of piperidine rings is 2. The van der Waals surface area contributed by atoms with Gasteiger partial charge in [0.2, 0.25) is 5.89 Å². The number of amides is 2.